The Labute approximate surface area is 104 Å². The van der Waals surface area contributed by atoms with Gasteiger partial charge in [-0.3, -0.25) is 4.68 Å². The number of rotatable bonds is 4. The van der Waals surface area contributed by atoms with Gasteiger partial charge in [-0.15, -0.1) is 0 Å². The predicted molar refractivity (Wildman–Crippen MR) is 64.1 cm³/mol. The van der Waals surface area contributed by atoms with E-state index in [0.29, 0.717) is 18.1 Å². The fourth-order valence-electron chi connectivity index (χ4n) is 1.41. The van der Waals surface area contributed by atoms with Crippen molar-refractivity contribution < 1.29 is 4.74 Å². The van der Waals surface area contributed by atoms with Gasteiger partial charge in [0, 0.05) is 25.4 Å². The lowest BCUT2D eigenvalue weighted by molar-refractivity contribution is 0.413. The second-order valence-corrected chi connectivity index (χ2v) is 3.78. The van der Waals surface area contributed by atoms with Gasteiger partial charge in [-0.25, -0.2) is 9.97 Å². The number of aryl methyl sites for hydroxylation is 1. The van der Waals surface area contributed by atoms with Gasteiger partial charge in [0.05, 0.1) is 13.3 Å². The van der Waals surface area contributed by atoms with Crippen LogP contribution < -0.4 is 10.1 Å². The van der Waals surface area contributed by atoms with Crippen LogP contribution in [0.5, 0.6) is 5.75 Å². The van der Waals surface area contributed by atoms with Gasteiger partial charge < -0.3 is 10.1 Å². The van der Waals surface area contributed by atoms with Crippen LogP contribution in [0.3, 0.4) is 0 Å². The summed E-state index contributed by atoms with van der Waals surface area (Å²) in [6.07, 6.45) is 5.08. The Balaban J connectivity index is 2.11. The highest BCUT2D eigenvalue weighted by Crippen LogP contribution is 2.28. The molecule has 0 amide bonds. The Morgan fingerprint density at radius 3 is 2.94 bits per heavy atom. The molecule has 0 radical (unpaired) electrons. The molecule has 0 aliphatic carbocycles. The monoisotopic (exact) mass is 253 g/mol. The summed E-state index contributed by atoms with van der Waals surface area (Å²) in [7, 11) is 3.39. The number of methoxy groups -OCH3 is 1. The molecule has 0 aromatic carbocycles. The zero-order chi connectivity index (χ0) is 12.3. The lowest BCUT2D eigenvalue weighted by Crippen LogP contribution is -2.03. The van der Waals surface area contributed by atoms with Crippen molar-refractivity contribution in [3.05, 3.63) is 29.4 Å². The van der Waals surface area contributed by atoms with Gasteiger partial charge in [0.15, 0.2) is 16.7 Å². The Kier molecular flexibility index (Phi) is 3.43. The number of nitrogens with zero attached hydrogens (tertiary/aromatic N) is 4. The van der Waals surface area contributed by atoms with Crippen molar-refractivity contribution >= 4 is 17.4 Å². The first-order valence-corrected chi connectivity index (χ1v) is 5.34. The molecule has 2 rings (SSSR count). The molecule has 7 heteroatoms. The van der Waals surface area contributed by atoms with E-state index in [-0.39, 0.29) is 5.15 Å². The first kappa shape index (κ1) is 11.7. The minimum atomic E-state index is 0.288. The van der Waals surface area contributed by atoms with Crippen molar-refractivity contribution in [3.8, 4) is 5.75 Å². The van der Waals surface area contributed by atoms with Crippen molar-refractivity contribution in [1.82, 2.24) is 19.7 Å². The van der Waals surface area contributed by atoms with Crippen LogP contribution in [-0.2, 0) is 13.6 Å². The van der Waals surface area contributed by atoms with Crippen LogP contribution in [0.15, 0.2) is 18.7 Å². The minimum absolute atomic E-state index is 0.288. The quantitative estimate of drug-likeness (QED) is 0.837. The molecule has 0 unspecified atom stereocenters. The standard InChI is InChI=1S/C10H12ClN5O/c1-16-5-7(4-15-16)3-12-10-8(17-2)9(11)13-6-14-10/h4-6H,3H2,1-2H3,(H,12,13,14). The van der Waals surface area contributed by atoms with E-state index in [1.54, 1.807) is 10.9 Å². The zero-order valence-electron chi connectivity index (χ0n) is 9.51. The van der Waals surface area contributed by atoms with E-state index in [0.717, 1.165) is 5.56 Å². The van der Waals surface area contributed by atoms with Crippen LogP contribution in [0.2, 0.25) is 5.15 Å². The highest BCUT2D eigenvalue weighted by molar-refractivity contribution is 6.31. The lowest BCUT2D eigenvalue weighted by atomic mass is 10.3. The number of nitrogens with one attached hydrogen (secondary N) is 1. The summed E-state index contributed by atoms with van der Waals surface area (Å²) in [6.45, 7) is 0.595. The molecule has 2 aromatic heterocycles. The van der Waals surface area contributed by atoms with E-state index in [1.165, 1.54) is 13.4 Å². The smallest absolute Gasteiger partial charge is 0.198 e. The van der Waals surface area contributed by atoms with Crippen molar-refractivity contribution in [1.29, 1.82) is 0 Å². The van der Waals surface area contributed by atoms with E-state index in [9.17, 15) is 0 Å². The van der Waals surface area contributed by atoms with Gasteiger partial charge >= 0.3 is 0 Å². The molecule has 0 atom stereocenters. The van der Waals surface area contributed by atoms with Gasteiger partial charge in [0.1, 0.15) is 6.33 Å². The van der Waals surface area contributed by atoms with Gasteiger partial charge in [0.2, 0.25) is 0 Å². The van der Waals surface area contributed by atoms with E-state index < -0.39 is 0 Å². The number of anilines is 1. The maximum atomic E-state index is 5.88. The normalized spacial score (nSPS) is 10.3. The van der Waals surface area contributed by atoms with Gasteiger partial charge in [0.25, 0.3) is 0 Å². The third-order valence-electron chi connectivity index (χ3n) is 2.18. The first-order valence-electron chi connectivity index (χ1n) is 4.96. The lowest BCUT2D eigenvalue weighted by Gasteiger charge is -2.09. The number of ether oxygens (including phenoxy) is 1. The molecule has 0 aliphatic heterocycles. The van der Waals surface area contributed by atoms with Crippen molar-refractivity contribution in [2.45, 2.75) is 6.54 Å². The molecule has 6 nitrogen and oxygen atoms in total. The molecular weight excluding hydrogens is 242 g/mol. The van der Waals surface area contributed by atoms with Gasteiger partial charge in [-0.05, 0) is 0 Å². The molecule has 0 fully saturated rings. The number of aromatic nitrogens is 4. The average molecular weight is 254 g/mol. The predicted octanol–water partition coefficient (Wildman–Crippen LogP) is 1.48. The summed E-state index contributed by atoms with van der Waals surface area (Å²) >= 11 is 5.88. The molecule has 1 N–H and O–H groups in total. The van der Waals surface area contributed by atoms with E-state index >= 15 is 0 Å². The summed E-state index contributed by atoms with van der Waals surface area (Å²) in [5.41, 5.74) is 1.05. The number of hydrogen-bond acceptors (Lipinski definition) is 5. The van der Waals surface area contributed by atoms with Crippen LogP contribution in [0.4, 0.5) is 5.82 Å². The summed E-state index contributed by atoms with van der Waals surface area (Å²) in [5.74, 6) is 1.01. The second kappa shape index (κ2) is 5.01. The SMILES string of the molecule is COc1c(Cl)ncnc1NCc1cnn(C)c1. The Hall–Kier alpha value is -1.82. The second-order valence-electron chi connectivity index (χ2n) is 3.42. The summed E-state index contributed by atoms with van der Waals surface area (Å²) in [5, 5.41) is 7.48. The molecule has 17 heavy (non-hydrogen) atoms. The van der Waals surface area contributed by atoms with Crippen molar-refractivity contribution in [2.24, 2.45) is 7.05 Å². The van der Waals surface area contributed by atoms with Gasteiger partial charge in [-0.1, -0.05) is 11.6 Å². The van der Waals surface area contributed by atoms with Crippen molar-refractivity contribution in [2.75, 3.05) is 12.4 Å². The van der Waals surface area contributed by atoms with Gasteiger partial charge in [-0.2, -0.15) is 5.10 Å². The molecule has 90 valence electrons. The molecule has 0 saturated carbocycles. The largest absolute Gasteiger partial charge is 0.490 e. The van der Waals surface area contributed by atoms with Crippen LogP contribution in [0.25, 0.3) is 0 Å². The molecule has 0 bridgehead atoms. The highest BCUT2D eigenvalue weighted by atomic mass is 35.5. The fourth-order valence-corrected chi connectivity index (χ4v) is 1.62. The molecule has 2 heterocycles. The summed E-state index contributed by atoms with van der Waals surface area (Å²) < 4.78 is 6.87. The van der Waals surface area contributed by atoms with Crippen LogP contribution >= 0.6 is 11.6 Å². The summed E-state index contributed by atoms with van der Waals surface area (Å²) in [4.78, 5) is 7.92. The number of halogens is 1. The molecule has 0 saturated heterocycles. The van der Waals surface area contributed by atoms with E-state index in [4.69, 9.17) is 16.3 Å². The maximum Gasteiger partial charge on any atom is 0.198 e. The maximum absolute atomic E-state index is 5.88. The van der Waals surface area contributed by atoms with Crippen LogP contribution in [-0.4, -0.2) is 26.9 Å². The van der Waals surface area contributed by atoms with Crippen LogP contribution in [0.1, 0.15) is 5.56 Å². The number of hydrogen-bond donors (Lipinski definition) is 1. The molecule has 0 spiro atoms. The highest BCUT2D eigenvalue weighted by Gasteiger charge is 2.09. The third-order valence-corrected chi connectivity index (χ3v) is 2.45. The zero-order valence-corrected chi connectivity index (χ0v) is 10.3. The van der Waals surface area contributed by atoms with E-state index in [1.807, 2.05) is 13.2 Å². The van der Waals surface area contributed by atoms with Crippen LogP contribution in [0, 0.1) is 0 Å². The third kappa shape index (κ3) is 2.65. The van der Waals surface area contributed by atoms with E-state index in [2.05, 4.69) is 20.4 Å². The van der Waals surface area contributed by atoms with Crippen molar-refractivity contribution in [3.63, 3.8) is 0 Å². The first-order chi connectivity index (χ1) is 8.20. The topological polar surface area (TPSA) is 64.9 Å². The molecule has 2 aromatic rings. The molecular formula is C10H12ClN5O. The molecule has 0 aliphatic rings. The average Bonchev–Trinajstić information content (AvgIpc) is 2.72. The minimum Gasteiger partial charge on any atom is -0.490 e. The fraction of sp³-hybridized carbons (Fsp3) is 0.300. The Bertz CT molecular complexity index is 513. The summed E-state index contributed by atoms with van der Waals surface area (Å²) in [6, 6.07) is 0. The Morgan fingerprint density at radius 2 is 2.29 bits per heavy atom. The Morgan fingerprint density at radius 1 is 1.47 bits per heavy atom.